The van der Waals surface area contributed by atoms with Crippen molar-refractivity contribution < 1.29 is 0 Å². The van der Waals surface area contributed by atoms with Gasteiger partial charge in [0.1, 0.15) is 11.0 Å². The lowest BCUT2D eigenvalue weighted by Gasteiger charge is -2.32. The van der Waals surface area contributed by atoms with Gasteiger partial charge in [-0.05, 0) is 31.1 Å². The molecule has 3 nitrogen and oxygen atoms in total. The topological polar surface area (TPSA) is 29.9 Å². The Morgan fingerprint density at radius 3 is 2.53 bits per heavy atom. The summed E-state index contributed by atoms with van der Waals surface area (Å²) in [6.45, 7) is 5.51. The van der Waals surface area contributed by atoms with E-state index in [0.717, 1.165) is 24.2 Å². The van der Waals surface area contributed by atoms with Gasteiger partial charge in [-0.3, -0.25) is 0 Å². The molecule has 2 atom stereocenters. The first-order chi connectivity index (χ1) is 8.06. The first kappa shape index (κ1) is 12.9. The van der Waals surface area contributed by atoms with E-state index in [1.807, 2.05) is 11.6 Å². The molecule has 0 amide bonds. The van der Waals surface area contributed by atoms with Gasteiger partial charge in [0.2, 0.25) is 0 Å². The number of hydrogen-bond donors (Lipinski definition) is 1. The number of halogens is 1. The third-order valence-corrected chi connectivity index (χ3v) is 4.11. The van der Waals surface area contributed by atoms with E-state index < -0.39 is 0 Å². The second-order valence-corrected chi connectivity index (χ2v) is 5.94. The average Bonchev–Trinajstić information content (AvgIpc) is 2.56. The molecule has 1 aliphatic rings. The molecule has 1 saturated carbocycles. The highest BCUT2D eigenvalue weighted by Gasteiger charge is 2.23. The van der Waals surface area contributed by atoms with Gasteiger partial charge in [0.15, 0.2) is 0 Å². The molecule has 0 saturated heterocycles. The van der Waals surface area contributed by atoms with Gasteiger partial charge in [-0.1, -0.05) is 25.4 Å². The largest absolute Gasteiger partial charge is 0.321 e. The Bertz CT molecular complexity index is 365. The van der Waals surface area contributed by atoms with Gasteiger partial charge in [0, 0.05) is 13.1 Å². The average molecular weight is 256 g/mol. The fraction of sp³-hybridized carbons (Fsp3) is 0.769. The van der Waals surface area contributed by atoms with Crippen molar-refractivity contribution in [3.8, 4) is 0 Å². The van der Waals surface area contributed by atoms with Crippen LogP contribution in [0.4, 0.5) is 0 Å². The van der Waals surface area contributed by atoms with Crippen LogP contribution in [-0.2, 0) is 13.6 Å². The van der Waals surface area contributed by atoms with Crippen molar-refractivity contribution in [3.63, 3.8) is 0 Å². The standard InChI is InChI=1S/C13H22ClN3/c1-9-4-10(2)6-11(5-9)15-8-13-16-7-12(14)17(13)3/h7,9-11,15H,4-6,8H2,1-3H3. The molecule has 4 heteroatoms. The molecule has 96 valence electrons. The van der Waals surface area contributed by atoms with Crippen molar-refractivity contribution in [2.24, 2.45) is 18.9 Å². The van der Waals surface area contributed by atoms with Crippen LogP contribution in [0.15, 0.2) is 6.20 Å². The lowest BCUT2D eigenvalue weighted by Crippen LogP contribution is -2.36. The predicted octanol–water partition coefficient (Wildman–Crippen LogP) is 2.99. The second kappa shape index (κ2) is 5.40. The molecule has 2 unspecified atom stereocenters. The normalized spacial score (nSPS) is 29.5. The molecule has 0 bridgehead atoms. The van der Waals surface area contributed by atoms with Crippen molar-refractivity contribution >= 4 is 11.6 Å². The van der Waals surface area contributed by atoms with Crippen LogP contribution in [-0.4, -0.2) is 15.6 Å². The van der Waals surface area contributed by atoms with Gasteiger partial charge in [0.05, 0.1) is 12.7 Å². The molecule has 1 heterocycles. The van der Waals surface area contributed by atoms with Crippen LogP contribution in [0.3, 0.4) is 0 Å². The monoisotopic (exact) mass is 255 g/mol. The zero-order valence-corrected chi connectivity index (χ0v) is 11.7. The smallest absolute Gasteiger partial charge is 0.128 e. The van der Waals surface area contributed by atoms with Crippen LogP contribution < -0.4 is 5.32 Å². The molecule has 17 heavy (non-hydrogen) atoms. The summed E-state index contributed by atoms with van der Waals surface area (Å²) >= 11 is 5.97. The molecule has 0 spiro atoms. The minimum absolute atomic E-state index is 0.629. The summed E-state index contributed by atoms with van der Waals surface area (Å²) in [7, 11) is 1.96. The molecule has 0 aromatic carbocycles. The number of aromatic nitrogens is 2. The van der Waals surface area contributed by atoms with E-state index in [9.17, 15) is 0 Å². The minimum Gasteiger partial charge on any atom is -0.321 e. The zero-order valence-electron chi connectivity index (χ0n) is 10.9. The number of hydrogen-bond acceptors (Lipinski definition) is 2. The Morgan fingerprint density at radius 2 is 2.00 bits per heavy atom. The molecular weight excluding hydrogens is 234 g/mol. The maximum absolute atomic E-state index is 5.97. The third kappa shape index (κ3) is 3.23. The van der Waals surface area contributed by atoms with Gasteiger partial charge in [0.25, 0.3) is 0 Å². The van der Waals surface area contributed by atoms with Crippen LogP contribution in [0.1, 0.15) is 38.9 Å². The van der Waals surface area contributed by atoms with Gasteiger partial charge in [-0.2, -0.15) is 0 Å². The summed E-state index contributed by atoms with van der Waals surface area (Å²) in [6.07, 6.45) is 5.64. The van der Waals surface area contributed by atoms with Crippen LogP contribution >= 0.6 is 11.6 Å². The molecule has 0 radical (unpaired) electrons. The van der Waals surface area contributed by atoms with E-state index in [4.69, 9.17) is 11.6 Å². The van der Waals surface area contributed by atoms with E-state index in [-0.39, 0.29) is 0 Å². The maximum Gasteiger partial charge on any atom is 0.128 e. The summed E-state index contributed by atoms with van der Waals surface area (Å²) < 4.78 is 1.93. The van der Waals surface area contributed by atoms with Crippen LogP contribution in [0.2, 0.25) is 5.15 Å². The summed E-state index contributed by atoms with van der Waals surface area (Å²) in [5, 5.41) is 4.31. The molecule has 1 fully saturated rings. The van der Waals surface area contributed by atoms with Crippen molar-refractivity contribution in [2.75, 3.05) is 0 Å². The molecule has 1 aromatic heterocycles. The summed E-state index contributed by atoms with van der Waals surface area (Å²) in [5.41, 5.74) is 0. The van der Waals surface area contributed by atoms with Gasteiger partial charge in [-0.15, -0.1) is 0 Å². The maximum atomic E-state index is 5.97. The molecular formula is C13H22ClN3. The molecule has 0 aliphatic heterocycles. The molecule has 1 aromatic rings. The first-order valence-corrected chi connectivity index (χ1v) is 6.83. The van der Waals surface area contributed by atoms with E-state index in [1.165, 1.54) is 19.3 Å². The van der Waals surface area contributed by atoms with Crippen molar-refractivity contribution in [1.82, 2.24) is 14.9 Å². The van der Waals surface area contributed by atoms with E-state index >= 15 is 0 Å². The Hall–Kier alpha value is -0.540. The lowest BCUT2D eigenvalue weighted by molar-refractivity contribution is 0.237. The van der Waals surface area contributed by atoms with Crippen LogP contribution in [0, 0.1) is 11.8 Å². The molecule has 1 aliphatic carbocycles. The van der Waals surface area contributed by atoms with Crippen molar-refractivity contribution in [3.05, 3.63) is 17.2 Å². The summed E-state index contributed by atoms with van der Waals surface area (Å²) in [4.78, 5) is 4.31. The van der Waals surface area contributed by atoms with Crippen molar-refractivity contribution in [1.29, 1.82) is 0 Å². The Balaban J connectivity index is 1.87. The Kier molecular flexibility index (Phi) is 4.10. The highest BCUT2D eigenvalue weighted by Crippen LogP contribution is 2.28. The van der Waals surface area contributed by atoms with E-state index in [1.54, 1.807) is 6.20 Å². The van der Waals surface area contributed by atoms with Crippen LogP contribution in [0.5, 0.6) is 0 Å². The SMILES string of the molecule is CC1CC(C)CC(NCc2ncc(Cl)n2C)C1. The van der Waals surface area contributed by atoms with Gasteiger partial charge >= 0.3 is 0 Å². The first-order valence-electron chi connectivity index (χ1n) is 6.45. The van der Waals surface area contributed by atoms with Crippen LogP contribution in [0.25, 0.3) is 0 Å². The number of imidazole rings is 1. The second-order valence-electron chi connectivity index (χ2n) is 5.55. The number of nitrogens with zero attached hydrogens (tertiary/aromatic N) is 2. The summed E-state index contributed by atoms with van der Waals surface area (Å²) in [5.74, 6) is 2.68. The van der Waals surface area contributed by atoms with E-state index in [0.29, 0.717) is 11.2 Å². The van der Waals surface area contributed by atoms with Crippen molar-refractivity contribution in [2.45, 2.75) is 45.7 Å². The van der Waals surface area contributed by atoms with Gasteiger partial charge < -0.3 is 9.88 Å². The number of rotatable bonds is 3. The fourth-order valence-corrected chi connectivity index (χ4v) is 3.08. The van der Waals surface area contributed by atoms with Gasteiger partial charge in [-0.25, -0.2) is 4.98 Å². The highest BCUT2D eigenvalue weighted by atomic mass is 35.5. The quantitative estimate of drug-likeness (QED) is 0.900. The Morgan fingerprint density at radius 1 is 1.35 bits per heavy atom. The molecule has 1 N–H and O–H groups in total. The van der Waals surface area contributed by atoms with E-state index in [2.05, 4.69) is 24.1 Å². The third-order valence-electron chi connectivity index (χ3n) is 3.76. The summed E-state index contributed by atoms with van der Waals surface area (Å²) in [6, 6.07) is 0.629. The Labute approximate surface area is 109 Å². The molecule has 2 rings (SSSR count). The zero-order chi connectivity index (χ0) is 12.4. The highest BCUT2D eigenvalue weighted by molar-refractivity contribution is 6.29. The number of nitrogens with one attached hydrogen (secondary N) is 1. The lowest BCUT2D eigenvalue weighted by atomic mass is 9.80. The minimum atomic E-state index is 0.629. The predicted molar refractivity (Wildman–Crippen MR) is 71.0 cm³/mol. The fourth-order valence-electron chi connectivity index (χ4n) is 2.94.